The average Bonchev–Trinajstić information content (AvgIpc) is 3.02. The fourth-order valence-electron chi connectivity index (χ4n) is 2.18. The molecule has 0 unspecified atom stereocenters. The summed E-state index contributed by atoms with van der Waals surface area (Å²) in [6.45, 7) is 0. The minimum absolute atomic E-state index is 0.0212. The van der Waals surface area contributed by atoms with Gasteiger partial charge in [-0.05, 0) is 30.3 Å². The molecule has 0 spiro atoms. The van der Waals surface area contributed by atoms with Gasteiger partial charge in [-0.1, -0.05) is 23.9 Å². The second kappa shape index (κ2) is 7.26. The smallest absolute Gasteiger partial charge is 0.262 e. The molecule has 8 nitrogen and oxygen atoms in total. The van der Waals surface area contributed by atoms with E-state index < -0.39 is 15.9 Å². The van der Waals surface area contributed by atoms with E-state index in [0.717, 1.165) is 11.8 Å². The topological polar surface area (TPSA) is 125 Å². The lowest BCUT2D eigenvalue weighted by Gasteiger charge is -2.11. The molecule has 1 heterocycles. The number of hydrogen-bond donors (Lipinski definition) is 2. The Hall–Kier alpha value is -2.72. The second-order valence-electron chi connectivity index (χ2n) is 5.17. The van der Waals surface area contributed by atoms with Gasteiger partial charge < -0.3 is 14.9 Å². The molecule has 0 bridgehead atoms. The van der Waals surface area contributed by atoms with Crippen LogP contribution in [0.5, 0.6) is 5.75 Å². The van der Waals surface area contributed by atoms with E-state index >= 15 is 0 Å². The summed E-state index contributed by atoms with van der Waals surface area (Å²) in [5.74, 6) is -0.0712. The van der Waals surface area contributed by atoms with E-state index in [4.69, 9.17) is 14.9 Å². The molecule has 0 atom stereocenters. The number of para-hydroxylation sites is 2. The lowest BCUT2D eigenvalue weighted by molar-refractivity contribution is -0.115. The molecule has 3 aromatic rings. The molecule has 10 heteroatoms. The van der Waals surface area contributed by atoms with Crippen LogP contribution >= 0.6 is 11.8 Å². The summed E-state index contributed by atoms with van der Waals surface area (Å²) in [7, 11) is -2.39. The molecule has 0 aliphatic carbocycles. The van der Waals surface area contributed by atoms with Gasteiger partial charge in [-0.15, -0.1) is 0 Å². The third-order valence-corrected chi connectivity index (χ3v) is 5.55. The Labute approximate surface area is 153 Å². The van der Waals surface area contributed by atoms with E-state index in [1.807, 2.05) is 0 Å². The molecule has 2 aromatic carbocycles. The normalized spacial score (nSPS) is 11.4. The van der Waals surface area contributed by atoms with Gasteiger partial charge in [0.1, 0.15) is 11.3 Å². The number of thioether (sulfide) groups is 1. The fourth-order valence-corrected chi connectivity index (χ4v) is 3.85. The number of oxazole rings is 1. The number of amides is 1. The summed E-state index contributed by atoms with van der Waals surface area (Å²) < 4.78 is 38.4. The van der Waals surface area contributed by atoms with Crippen molar-refractivity contribution in [3.05, 3.63) is 42.5 Å². The van der Waals surface area contributed by atoms with Crippen LogP contribution in [0.4, 0.5) is 5.69 Å². The molecule has 0 radical (unpaired) electrons. The molecule has 0 aliphatic heterocycles. The number of rotatable bonds is 7. The lowest BCUT2D eigenvalue weighted by atomic mass is 10.3. The van der Waals surface area contributed by atoms with Gasteiger partial charge in [0.15, 0.2) is 5.58 Å². The van der Waals surface area contributed by atoms with Crippen LogP contribution in [0.3, 0.4) is 0 Å². The molecular formula is C16H15N3O5S2. The van der Waals surface area contributed by atoms with Gasteiger partial charge in [-0.3, -0.25) is 9.52 Å². The Morgan fingerprint density at radius 3 is 2.81 bits per heavy atom. The maximum absolute atomic E-state index is 12.6. The highest BCUT2D eigenvalue weighted by Gasteiger charge is 2.18. The number of anilines is 1. The van der Waals surface area contributed by atoms with E-state index in [0.29, 0.717) is 22.5 Å². The number of ether oxygens (including phenoxy) is 1. The van der Waals surface area contributed by atoms with Crippen LogP contribution in [0, 0.1) is 0 Å². The molecule has 3 N–H and O–H groups in total. The Kier molecular flexibility index (Phi) is 5.05. The number of benzene rings is 2. The summed E-state index contributed by atoms with van der Waals surface area (Å²) in [6.07, 6.45) is 0. The van der Waals surface area contributed by atoms with Crippen LogP contribution in [-0.4, -0.2) is 32.2 Å². The van der Waals surface area contributed by atoms with Crippen molar-refractivity contribution < 1.29 is 22.4 Å². The molecule has 1 amide bonds. The number of hydrogen-bond acceptors (Lipinski definition) is 7. The van der Waals surface area contributed by atoms with Crippen LogP contribution in [0.2, 0.25) is 0 Å². The zero-order valence-electron chi connectivity index (χ0n) is 13.6. The van der Waals surface area contributed by atoms with E-state index in [9.17, 15) is 13.2 Å². The van der Waals surface area contributed by atoms with Crippen LogP contribution in [0.15, 0.2) is 57.0 Å². The quantitative estimate of drug-likeness (QED) is 0.590. The van der Waals surface area contributed by atoms with Crippen molar-refractivity contribution in [1.82, 2.24) is 4.98 Å². The Morgan fingerprint density at radius 2 is 2.08 bits per heavy atom. The minimum Gasteiger partial charge on any atom is -0.495 e. The number of carbonyl (C=O) groups is 1. The highest BCUT2D eigenvalue weighted by Crippen LogP contribution is 2.28. The predicted octanol–water partition coefficient (Wildman–Crippen LogP) is 2.21. The third kappa shape index (κ3) is 3.92. The van der Waals surface area contributed by atoms with Gasteiger partial charge in [0, 0.05) is 0 Å². The fraction of sp³-hybridized carbons (Fsp3) is 0.125. The number of methoxy groups -OCH3 is 1. The summed E-state index contributed by atoms with van der Waals surface area (Å²) in [6, 6.07) is 11.0. The number of primary amides is 1. The van der Waals surface area contributed by atoms with Crippen molar-refractivity contribution >= 4 is 44.5 Å². The monoisotopic (exact) mass is 393 g/mol. The highest BCUT2D eigenvalue weighted by atomic mass is 32.2. The number of fused-ring (bicyclic) bond motifs is 1. The lowest BCUT2D eigenvalue weighted by Crippen LogP contribution is -2.13. The van der Waals surface area contributed by atoms with Crippen LogP contribution in [-0.2, 0) is 14.8 Å². The first-order chi connectivity index (χ1) is 12.4. The number of nitrogens with one attached hydrogen (secondary N) is 1. The first-order valence-corrected chi connectivity index (χ1v) is 9.83. The predicted molar refractivity (Wildman–Crippen MR) is 97.7 cm³/mol. The van der Waals surface area contributed by atoms with Gasteiger partial charge in [-0.25, -0.2) is 13.4 Å². The van der Waals surface area contributed by atoms with Gasteiger partial charge in [0.25, 0.3) is 15.2 Å². The van der Waals surface area contributed by atoms with Gasteiger partial charge in [-0.2, -0.15) is 0 Å². The van der Waals surface area contributed by atoms with Gasteiger partial charge >= 0.3 is 0 Å². The third-order valence-electron chi connectivity index (χ3n) is 3.34. The molecule has 26 heavy (non-hydrogen) atoms. The van der Waals surface area contributed by atoms with Crippen molar-refractivity contribution in [2.45, 2.75) is 10.1 Å². The van der Waals surface area contributed by atoms with Crippen LogP contribution in [0.1, 0.15) is 0 Å². The zero-order chi connectivity index (χ0) is 18.7. The molecule has 0 aliphatic rings. The van der Waals surface area contributed by atoms with Crippen molar-refractivity contribution in [2.75, 3.05) is 17.6 Å². The SMILES string of the molecule is COc1ccccc1NS(=O)(=O)c1ccc2oc(SCC(N)=O)nc2c1. The molecule has 1 aromatic heterocycles. The Balaban J connectivity index is 1.89. The van der Waals surface area contributed by atoms with Gasteiger partial charge in [0.05, 0.1) is 23.4 Å². The van der Waals surface area contributed by atoms with Crippen molar-refractivity contribution in [3.63, 3.8) is 0 Å². The van der Waals surface area contributed by atoms with Crippen LogP contribution < -0.4 is 15.2 Å². The van der Waals surface area contributed by atoms with E-state index in [1.54, 1.807) is 24.3 Å². The number of nitrogens with zero attached hydrogens (tertiary/aromatic N) is 1. The molecule has 0 fully saturated rings. The Bertz CT molecular complexity index is 1060. The summed E-state index contributed by atoms with van der Waals surface area (Å²) in [4.78, 5) is 15.0. The number of aromatic nitrogens is 1. The maximum Gasteiger partial charge on any atom is 0.262 e. The van der Waals surface area contributed by atoms with Crippen LogP contribution in [0.25, 0.3) is 11.1 Å². The summed E-state index contributed by atoms with van der Waals surface area (Å²) in [5, 5.41) is 0.242. The van der Waals surface area contributed by atoms with E-state index in [-0.39, 0.29) is 15.9 Å². The molecular weight excluding hydrogens is 378 g/mol. The zero-order valence-corrected chi connectivity index (χ0v) is 15.3. The summed E-state index contributed by atoms with van der Waals surface area (Å²) >= 11 is 1.04. The first kappa shape index (κ1) is 18.1. The minimum atomic E-state index is -3.85. The molecule has 3 rings (SSSR count). The number of nitrogens with two attached hydrogens (primary N) is 1. The van der Waals surface area contributed by atoms with Gasteiger partial charge in [0.2, 0.25) is 5.91 Å². The maximum atomic E-state index is 12.6. The van der Waals surface area contributed by atoms with E-state index in [2.05, 4.69) is 9.71 Å². The highest BCUT2D eigenvalue weighted by molar-refractivity contribution is 7.99. The number of carbonyl (C=O) groups excluding carboxylic acids is 1. The standard InChI is InChI=1S/C16H15N3O5S2/c1-23-13-5-3-2-4-11(13)19-26(21,22)10-6-7-14-12(8-10)18-16(24-14)25-9-15(17)20/h2-8,19H,9H2,1H3,(H2,17,20). The van der Waals surface area contributed by atoms with Crippen molar-refractivity contribution in [1.29, 1.82) is 0 Å². The molecule has 0 saturated heterocycles. The second-order valence-corrected chi connectivity index (χ2v) is 7.78. The van der Waals surface area contributed by atoms with Crippen molar-refractivity contribution in [3.8, 4) is 5.75 Å². The average molecular weight is 393 g/mol. The number of sulfonamides is 1. The summed E-state index contributed by atoms with van der Waals surface area (Å²) in [5.41, 5.74) is 6.18. The molecule has 0 saturated carbocycles. The first-order valence-electron chi connectivity index (χ1n) is 7.36. The molecule has 136 valence electrons. The Morgan fingerprint density at radius 1 is 1.31 bits per heavy atom. The van der Waals surface area contributed by atoms with Crippen molar-refractivity contribution in [2.24, 2.45) is 5.73 Å². The largest absolute Gasteiger partial charge is 0.495 e. The van der Waals surface area contributed by atoms with E-state index in [1.165, 1.54) is 25.3 Å².